The molecular formula is C13H20N4S. The first-order valence-electron chi connectivity index (χ1n) is 6.17. The van der Waals surface area contributed by atoms with Crippen LogP contribution in [0.2, 0.25) is 0 Å². The van der Waals surface area contributed by atoms with Crippen LogP contribution in [0.4, 0.5) is 5.82 Å². The standard InChI is InChI=1S/C13H20N4S/c1-9(2)11(7-17(3)4)16-12-10-5-6-18-13(10)15-8-14-12/h5-6,8-9,11H,7H2,1-4H3,(H,14,15,16). The Kier molecular flexibility index (Phi) is 4.14. The zero-order valence-corrected chi connectivity index (χ0v) is 12.2. The monoisotopic (exact) mass is 264 g/mol. The van der Waals surface area contributed by atoms with Crippen LogP contribution in [0.3, 0.4) is 0 Å². The number of thiophene rings is 1. The molecule has 2 rings (SSSR count). The average Bonchev–Trinajstić information content (AvgIpc) is 2.76. The van der Waals surface area contributed by atoms with Crippen LogP contribution in [0.25, 0.3) is 10.2 Å². The number of anilines is 1. The molecule has 1 atom stereocenters. The summed E-state index contributed by atoms with van der Waals surface area (Å²) in [6.07, 6.45) is 1.63. The van der Waals surface area contributed by atoms with Crippen LogP contribution >= 0.6 is 11.3 Å². The van der Waals surface area contributed by atoms with E-state index in [1.54, 1.807) is 17.7 Å². The largest absolute Gasteiger partial charge is 0.365 e. The van der Waals surface area contributed by atoms with Crippen molar-refractivity contribution in [1.82, 2.24) is 14.9 Å². The zero-order chi connectivity index (χ0) is 13.1. The molecule has 0 bridgehead atoms. The van der Waals surface area contributed by atoms with Crippen molar-refractivity contribution in [3.8, 4) is 0 Å². The Morgan fingerprint density at radius 2 is 2.11 bits per heavy atom. The first kappa shape index (κ1) is 13.2. The van der Waals surface area contributed by atoms with Gasteiger partial charge in [-0.2, -0.15) is 0 Å². The molecule has 0 aliphatic rings. The molecule has 2 aromatic heterocycles. The summed E-state index contributed by atoms with van der Waals surface area (Å²) in [6, 6.07) is 2.47. The van der Waals surface area contributed by atoms with Gasteiger partial charge in [0.05, 0.1) is 5.39 Å². The third-order valence-corrected chi connectivity index (χ3v) is 3.77. The smallest absolute Gasteiger partial charge is 0.138 e. The molecule has 2 heterocycles. The predicted octanol–water partition coefficient (Wildman–Crippen LogP) is 2.69. The molecule has 0 aliphatic carbocycles. The van der Waals surface area contributed by atoms with Gasteiger partial charge in [-0.3, -0.25) is 0 Å². The van der Waals surface area contributed by atoms with Crippen molar-refractivity contribution in [2.75, 3.05) is 26.0 Å². The van der Waals surface area contributed by atoms with Crippen LogP contribution in [0.1, 0.15) is 13.8 Å². The van der Waals surface area contributed by atoms with Crippen molar-refractivity contribution in [2.45, 2.75) is 19.9 Å². The molecule has 2 aromatic rings. The van der Waals surface area contributed by atoms with Gasteiger partial charge in [-0.25, -0.2) is 9.97 Å². The maximum atomic E-state index is 4.37. The third-order valence-electron chi connectivity index (χ3n) is 2.95. The van der Waals surface area contributed by atoms with Gasteiger partial charge in [0.2, 0.25) is 0 Å². The molecule has 0 saturated heterocycles. The Morgan fingerprint density at radius 1 is 1.33 bits per heavy atom. The van der Waals surface area contributed by atoms with E-state index in [2.05, 4.69) is 59.6 Å². The molecule has 0 radical (unpaired) electrons. The predicted molar refractivity (Wildman–Crippen MR) is 78.2 cm³/mol. The van der Waals surface area contributed by atoms with Gasteiger partial charge in [0.15, 0.2) is 0 Å². The fraction of sp³-hybridized carbons (Fsp3) is 0.538. The van der Waals surface area contributed by atoms with Gasteiger partial charge in [-0.05, 0) is 31.5 Å². The van der Waals surface area contributed by atoms with Crippen LogP contribution < -0.4 is 5.32 Å². The minimum atomic E-state index is 0.387. The van der Waals surface area contributed by atoms with Gasteiger partial charge in [-0.1, -0.05) is 13.8 Å². The molecule has 18 heavy (non-hydrogen) atoms. The van der Waals surface area contributed by atoms with Crippen LogP contribution in [0.5, 0.6) is 0 Å². The van der Waals surface area contributed by atoms with Gasteiger partial charge in [0.1, 0.15) is 17.0 Å². The topological polar surface area (TPSA) is 41.0 Å². The second-order valence-electron chi connectivity index (χ2n) is 5.12. The van der Waals surface area contributed by atoms with Gasteiger partial charge < -0.3 is 10.2 Å². The number of aromatic nitrogens is 2. The Balaban J connectivity index is 2.22. The van der Waals surface area contributed by atoms with Crippen molar-refractivity contribution in [2.24, 2.45) is 5.92 Å². The zero-order valence-electron chi connectivity index (χ0n) is 11.3. The second kappa shape index (κ2) is 5.63. The lowest BCUT2D eigenvalue weighted by Crippen LogP contribution is -2.36. The summed E-state index contributed by atoms with van der Waals surface area (Å²) >= 11 is 1.65. The second-order valence-corrected chi connectivity index (χ2v) is 6.01. The molecule has 1 N–H and O–H groups in total. The van der Waals surface area contributed by atoms with Gasteiger partial charge in [-0.15, -0.1) is 11.3 Å². The van der Waals surface area contributed by atoms with Crippen molar-refractivity contribution in [3.05, 3.63) is 17.8 Å². The molecule has 0 aromatic carbocycles. The molecule has 0 saturated carbocycles. The van der Waals surface area contributed by atoms with E-state index in [4.69, 9.17) is 0 Å². The van der Waals surface area contributed by atoms with Crippen LogP contribution in [-0.4, -0.2) is 41.5 Å². The summed E-state index contributed by atoms with van der Waals surface area (Å²) in [5.74, 6) is 1.50. The molecule has 98 valence electrons. The van der Waals surface area contributed by atoms with E-state index in [0.29, 0.717) is 12.0 Å². The Morgan fingerprint density at radius 3 is 2.78 bits per heavy atom. The number of fused-ring (bicyclic) bond motifs is 1. The van der Waals surface area contributed by atoms with Crippen molar-refractivity contribution in [3.63, 3.8) is 0 Å². The van der Waals surface area contributed by atoms with E-state index in [1.165, 1.54) is 0 Å². The molecule has 0 aliphatic heterocycles. The normalized spacial score (nSPS) is 13.4. The third kappa shape index (κ3) is 2.97. The van der Waals surface area contributed by atoms with Crippen molar-refractivity contribution >= 4 is 27.4 Å². The first-order valence-corrected chi connectivity index (χ1v) is 7.05. The van der Waals surface area contributed by atoms with Crippen LogP contribution in [-0.2, 0) is 0 Å². The summed E-state index contributed by atoms with van der Waals surface area (Å²) in [5, 5.41) is 6.73. The fourth-order valence-electron chi connectivity index (χ4n) is 1.90. The highest BCUT2D eigenvalue weighted by molar-refractivity contribution is 7.16. The number of hydrogen-bond acceptors (Lipinski definition) is 5. The number of likely N-dealkylation sites (N-methyl/N-ethyl adjacent to an activating group) is 1. The van der Waals surface area contributed by atoms with Crippen LogP contribution in [0, 0.1) is 5.92 Å². The Hall–Kier alpha value is -1.20. The maximum Gasteiger partial charge on any atom is 0.138 e. The summed E-state index contributed by atoms with van der Waals surface area (Å²) in [4.78, 5) is 11.9. The molecule has 5 heteroatoms. The lowest BCUT2D eigenvalue weighted by Gasteiger charge is -2.26. The Labute approximate surface area is 112 Å². The molecule has 4 nitrogen and oxygen atoms in total. The quantitative estimate of drug-likeness (QED) is 0.901. The van der Waals surface area contributed by atoms with Gasteiger partial charge in [0, 0.05) is 12.6 Å². The average molecular weight is 264 g/mol. The van der Waals surface area contributed by atoms with Crippen molar-refractivity contribution < 1.29 is 0 Å². The van der Waals surface area contributed by atoms with E-state index in [-0.39, 0.29) is 0 Å². The Bertz CT molecular complexity index is 506. The molecule has 1 unspecified atom stereocenters. The summed E-state index contributed by atoms with van der Waals surface area (Å²) in [7, 11) is 4.19. The molecule has 0 amide bonds. The minimum Gasteiger partial charge on any atom is -0.365 e. The van der Waals surface area contributed by atoms with Crippen molar-refractivity contribution in [1.29, 1.82) is 0 Å². The highest BCUT2D eigenvalue weighted by Gasteiger charge is 2.16. The number of rotatable bonds is 5. The van der Waals surface area contributed by atoms with Gasteiger partial charge >= 0.3 is 0 Å². The first-order chi connectivity index (χ1) is 8.58. The lowest BCUT2D eigenvalue weighted by atomic mass is 10.0. The summed E-state index contributed by atoms with van der Waals surface area (Å²) in [5.41, 5.74) is 0. The highest BCUT2D eigenvalue weighted by Crippen LogP contribution is 2.25. The van der Waals surface area contributed by atoms with E-state index in [1.807, 2.05) is 0 Å². The van der Waals surface area contributed by atoms with E-state index < -0.39 is 0 Å². The summed E-state index contributed by atoms with van der Waals surface area (Å²) in [6.45, 7) is 5.45. The lowest BCUT2D eigenvalue weighted by molar-refractivity contribution is 0.344. The summed E-state index contributed by atoms with van der Waals surface area (Å²) < 4.78 is 0. The minimum absolute atomic E-state index is 0.387. The molecular weight excluding hydrogens is 244 g/mol. The molecule has 0 spiro atoms. The number of nitrogens with one attached hydrogen (secondary N) is 1. The maximum absolute atomic E-state index is 4.37. The van der Waals surface area contributed by atoms with E-state index >= 15 is 0 Å². The van der Waals surface area contributed by atoms with Crippen LogP contribution in [0.15, 0.2) is 17.8 Å². The highest BCUT2D eigenvalue weighted by atomic mass is 32.1. The molecule has 0 fully saturated rings. The van der Waals surface area contributed by atoms with E-state index in [0.717, 1.165) is 22.6 Å². The van der Waals surface area contributed by atoms with E-state index in [9.17, 15) is 0 Å². The number of hydrogen-bond donors (Lipinski definition) is 1. The fourth-order valence-corrected chi connectivity index (χ4v) is 2.63. The van der Waals surface area contributed by atoms with Gasteiger partial charge in [0.25, 0.3) is 0 Å². The SMILES string of the molecule is CC(C)C(CN(C)C)Nc1ncnc2sccc12. The number of nitrogens with zero attached hydrogens (tertiary/aromatic N) is 3.